The SMILES string of the molecule is CC(=O)c1c(C)n(C)c2c(C)c(Cl)ccc12. The Labute approximate surface area is 99.8 Å². The van der Waals surface area contributed by atoms with E-state index in [1.165, 1.54) is 0 Å². The lowest BCUT2D eigenvalue weighted by Crippen LogP contribution is -1.96. The van der Waals surface area contributed by atoms with Gasteiger partial charge in [-0.05, 0) is 32.4 Å². The molecule has 1 aromatic carbocycles. The summed E-state index contributed by atoms with van der Waals surface area (Å²) in [6.45, 7) is 5.55. The first-order valence-electron chi connectivity index (χ1n) is 5.20. The Morgan fingerprint density at radius 3 is 2.50 bits per heavy atom. The van der Waals surface area contributed by atoms with Crippen molar-refractivity contribution >= 4 is 28.3 Å². The van der Waals surface area contributed by atoms with Crippen LogP contribution in [-0.2, 0) is 7.05 Å². The summed E-state index contributed by atoms with van der Waals surface area (Å²) in [5.41, 5.74) is 3.87. The van der Waals surface area contributed by atoms with Crippen LogP contribution in [0.5, 0.6) is 0 Å². The molecule has 0 unspecified atom stereocenters. The highest BCUT2D eigenvalue weighted by atomic mass is 35.5. The number of fused-ring (bicyclic) bond motifs is 1. The van der Waals surface area contributed by atoms with E-state index < -0.39 is 0 Å². The van der Waals surface area contributed by atoms with Crippen LogP contribution >= 0.6 is 11.6 Å². The normalized spacial score (nSPS) is 11.1. The maximum absolute atomic E-state index is 11.6. The van der Waals surface area contributed by atoms with E-state index in [0.717, 1.165) is 32.7 Å². The highest BCUT2D eigenvalue weighted by Gasteiger charge is 2.17. The number of benzene rings is 1. The summed E-state index contributed by atoms with van der Waals surface area (Å²) in [5, 5.41) is 1.73. The van der Waals surface area contributed by atoms with Gasteiger partial charge in [-0.2, -0.15) is 0 Å². The zero-order valence-corrected chi connectivity index (χ0v) is 10.6. The third-order valence-corrected chi connectivity index (χ3v) is 3.60. The minimum atomic E-state index is 0.102. The number of hydrogen-bond donors (Lipinski definition) is 0. The number of ketones is 1. The first kappa shape index (κ1) is 11.2. The molecular weight excluding hydrogens is 222 g/mol. The third kappa shape index (κ3) is 1.37. The van der Waals surface area contributed by atoms with E-state index in [1.807, 2.05) is 37.6 Å². The van der Waals surface area contributed by atoms with Crippen molar-refractivity contribution < 1.29 is 4.79 Å². The molecular formula is C13H14ClNO. The zero-order chi connectivity index (χ0) is 12.0. The summed E-state index contributed by atoms with van der Waals surface area (Å²) in [5.74, 6) is 0.102. The van der Waals surface area contributed by atoms with Gasteiger partial charge in [0.05, 0.1) is 5.52 Å². The second-order valence-electron chi connectivity index (χ2n) is 4.14. The summed E-state index contributed by atoms with van der Waals surface area (Å²) < 4.78 is 2.03. The number of carbonyl (C=O) groups is 1. The average molecular weight is 236 g/mol. The fourth-order valence-corrected chi connectivity index (χ4v) is 2.44. The second-order valence-corrected chi connectivity index (χ2v) is 4.55. The fraction of sp³-hybridized carbons (Fsp3) is 0.308. The van der Waals surface area contributed by atoms with Crippen LogP contribution < -0.4 is 0 Å². The van der Waals surface area contributed by atoms with Gasteiger partial charge in [0.2, 0.25) is 0 Å². The molecule has 84 valence electrons. The quantitative estimate of drug-likeness (QED) is 0.692. The molecule has 0 aliphatic heterocycles. The summed E-state index contributed by atoms with van der Waals surface area (Å²) in [7, 11) is 1.97. The van der Waals surface area contributed by atoms with E-state index in [2.05, 4.69) is 0 Å². The molecule has 0 saturated heterocycles. The largest absolute Gasteiger partial charge is 0.347 e. The molecule has 0 aliphatic carbocycles. The average Bonchev–Trinajstić information content (AvgIpc) is 2.46. The van der Waals surface area contributed by atoms with Crippen LogP contribution in [0.25, 0.3) is 10.9 Å². The summed E-state index contributed by atoms with van der Waals surface area (Å²) in [6, 6.07) is 3.78. The Morgan fingerprint density at radius 2 is 1.94 bits per heavy atom. The van der Waals surface area contributed by atoms with Crippen LogP contribution in [0.1, 0.15) is 28.5 Å². The first-order chi connectivity index (χ1) is 7.45. The summed E-state index contributed by atoms with van der Waals surface area (Å²) >= 11 is 6.10. The van der Waals surface area contributed by atoms with Crippen LogP contribution in [0.3, 0.4) is 0 Å². The molecule has 0 spiro atoms. The van der Waals surface area contributed by atoms with Crippen LogP contribution in [0.15, 0.2) is 12.1 Å². The van der Waals surface area contributed by atoms with Crippen molar-refractivity contribution in [1.29, 1.82) is 0 Å². The number of nitrogens with zero attached hydrogens (tertiary/aromatic N) is 1. The Balaban J connectivity index is 3.01. The van der Waals surface area contributed by atoms with Gasteiger partial charge in [0, 0.05) is 28.7 Å². The predicted molar refractivity (Wildman–Crippen MR) is 67.4 cm³/mol. The zero-order valence-electron chi connectivity index (χ0n) is 9.89. The van der Waals surface area contributed by atoms with Crippen molar-refractivity contribution in [3.05, 3.63) is 34.0 Å². The Morgan fingerprint density at radius 1 is 1.31 bits per heavy atom. The lowest BCUT2D eigenvalue weighted by Gasteiger charge is -2.03. The van der Waals surface area contributed by atoms with Crippen molar-refractivity contribution in [2.75, 3.05) is 0 Å². The highest BCUT2D eigenvalue weighted by molar-refractivity contribution is 6.32. The van der Waals surface area contributed by atoms with Gasteiger partial charge in [0.25, 0.3) is 0 Å². The molecule has 0 amide bonds. The third-order valence-electron chi connectivity index (χ3n) is 3.19. The Bertz CT molecular complexity index is 596. The Kier molecular flexibility index (Phi) is 2.55. The molecule has 16 heavy (non-hydrogen) atoms. The van der Waals surface area contributed by atoms with Crippen LogP contribution in [-0.4, -0.2) is 10.4 Å². The Hall–Kier alpha value is -1.28. The fourth-order valence-electron chi connectivity index (χ4n) is 2.28. The van der Waals surface area contributed by atoms with Gasteiger partial charge < -0.3 is 4.57 Å². The molecule has 2 nitrogen and oxygen atoms in total. The lowest BCUT2D eigenvalue weighted by molar-refractivity contribution is 0.101. The standard InChI is InChI=1S/C13H14ClNO/c1-7-11(14)6-5-10-12(9(3)16)8(2)15(4)13(7)10/h5-6H,1-4H3. The van der Waals surface area contributed by atoms with Gasteiger partial charge in [-0.15, -0.1) is 0 Å². The molecule has 2 aromatic rings. The number of rotatable bonds is 1. The van der Waals surface area contributed by atoms with E-state index in [4.69, 9.17) is 11.6 Å². The molecule has 1 heterocycles. The summed E-state index contributed by atoms with van der Waals surface area (Å²) in [4.78, 5) is 11.6. The van der Waals surface area contributed by atoms with Crippen molar-refractivity contribution in [3.8, 4) is 0 Å². The topological polar surface area (TPSA) is 22.0 Å². The molecule has 0 atom stereocenters. The van der Waals surface area contributed by atoms with Crippen LogP contribution in [0.2, 0.25) is 5.02 Å². The molecule has 0 saturated carbocycles. The number of aromatic nitrogens is 1. The number of hydrogen-bond acceptors (Lipinski definition) is 1. The van der Waals surface area contributed by atoms with Crippen molar-refractivity contribution in [2.24, 2.45) is 7.05 Å². The van der Waals surface area contributed by atoms with E-state index in [0.29, 0.717) is 0 Å². The van der Waals surface area contributed by atoms with E-state index in [1.54, 1.807) is 6.92 Å². The second kappa shape index (κ2) is 3.63. The molecule has 0 bridgehead atoms. The van der Waals surface area contributed by atoms with Crippen LogP contribution in [0, 0.1) is 13.8 Å². The van der Waals surface area contributed by atoms with Gasteiger partial charge in [-0.25, -0.2) is 0 Å². The molecule has 0 radical (unpaired) electrons. The number of carbonyl (C=O) groups excluding carboxylic acids is 1. The number of halogens is 1. The van der Waals surface area contributed by atoms with Crippen LogP contribution in [0.4, 0.5) is 0 Å². The molecule has 1 aromatic heterocycles. The smallest absolute Gasteiger partial charge is 0.162 e. The van der Waals surface area contributed by atoms with Gasteiger partial charge in [0.15, 0.2) is 5.78 Å². The van der Waals surface area contributed by atoms with Gasteiger partial charge >= 0.3 is 0 Å². The predicted octanol–water partition coefficient (Wildman–Crippen LogP) is 3.65. The molecule has 0 fully saturated rings. The van der Waals surface area contributed by atoms with Gasteiger partial charge in [-0.3, -0.25) is 4.79 Å². The molecule has 2 rings (SSSR count). The maximum Gasteiger partial charge on any atom is 0.162 e. The summed E-state index contributed by atoms with van der Waals surface area (Å²) in [6.07, 6.45) is 0. The van der Waals surface area contributed by atoms with Crippen molar-refractivity contribution in [3.63, 3.8) is 0 Å². The molecule has 0 aliphatic rings. The van der Waals surface area contributed by atoms with Crippen molar-refractivity contribution in [1.82, 2.24) is 4.57 Å². The van der Waals surface area contributed by atoms with Gasteiger partial charge in [0.1, 0.15) is 0 Å². The monoisotopic (exact) mass is 235 g/mol. The molecule has 0 N–H and O–H groups in total. The molecule has 3 heteroatoms. The first-order valence-corrected chi connectivity index (χ1v) is 5.58. The lowest BCUT2D eigenvalue weighted by atomic mass is 10.1. The van der Waals surface area contributed by atoms with Gasteiger partial charge in [-0.1, -0.05) is 17.7 Å². The van der Waals surface area contributed by atoms with E-state index in [9.17, 15) is 4.79 Å². The van der Waals surface area contributed by atoms with Crippen molar-refractivity contribution in [2.45, 2.75) is 20.8 Å². The number of aryl methyl sites for hydroxylation is 2. The maximum atomic E-state index is 11.6. The van der Waals surface area contributed by atoms with E-state index in [-0.39, 0.29) is 5.78 Å². The minimum absolute atomic E-state index is 0.102. The highest BCUT2D eigenvalue weighted by Crippen LogP contribution is 2.31. The number of Topliss-reactive ketones (excluding diaryl/α,β-unsaturated/α-hetero) is 1. The minimum Gasteiger partial charge on any atom is -0.347 e. The van der Waals surface area contributed by atoms with E-state index >= 15 is 0 Å².